The van der Waals surface area contributed by atoms with Crippen LogP contribution in [0, 0.1) is 0 Å². The lowest BCUT2D eigenvalue weighted by atomic mass is 10.2. The van der Waals surface area contributed by atoms with Crippen LogP contribution in [-0.2, 0) is 0 Å². The first-order chi connectivity index (χ1) is 5.83. The average Bonchev–Trinajstić information content (AvgIpc) is 2.56. The minimum absolute atomic E-state index is 0.610. The van der Waals surface area contributed by atoms with Crippen LogP contribution in [0.4, 0.5) is 0 Å². The Kier molecular flexibility index (Phi) is 2.07. The Bertz CT molecular complexity index is 200. The second-order valence-corrected chi connectivity index (χ2v) is 3.56. The summed E-state index contributed by atoms with van der Waals surface area (Å²) in [6.07, 6.45) is 3.52. The van der Waals surface area contributed by atoms with E-state index in [-0.39, 0.29) is 0 Å². The number of fused-ring (bicyclic) bond motifs is 1. The molecule has 2 N–H and O–H groups in total. The smallest absolute Gasteiger partial charge is 0.0505 e. The molecule has 1 saturated heterocycles. The van der Waals surface area contributed by atoms with Gasteiger partial charge in [0.25, 0.3) is 0 Å². The lowest BCUT2D eigenvalue weighted by Crippen LogP contribution is -2.39. The minimum atomic E-state index is 0.610. The number of nitrogens with one attached hydrogen (secondary N) is 2. The van der Waals surface area contributed by atoms with E-state index < -0.39 is 0 Å². The summed E-state index contributed by atoms with van der Waals surface area (Å²) < 4.78 is 0. The molecule has 3 nitrogen and oxygen atoms in total. The fourth-order valence-electron chi connectivity index (χ4n) is 2.14. The van der Waals surface area contributed by atoms with Crippen molar-refractivity contribution in [2.75, 3.05) is 13.1 Å². The Morgan fingerprint density at radius 1 is 1.75 bits per heavy atom. The summed E-state index contributed by atoms with van der Waals surface area (Å²) in [5.41, 5.74) is 4.84. The number of rotatable bonds is 2. The number of hydrogen-bond donors (Lipinski definition) is 2. The largest absolute Gasteiger partial charge is 0.308 e. The molecule has 12 heavy (non-hydrogen) atoms. The fraction of sp³-hybridized carbons (Fsp3) is 0.778. The fourth-order valence-corrected chi connectivity index (χ4v) is 2.14. The van der Waals surface area contributed by atoms with Crippen LogP contribution in [0.1, 0.15) is 20.3 Å². The van der Waals surface area contributed by atoms with Crippen LogP contribution < -0.4 is 10.7 Å². The highest BCUT2D eigenvalue weighted by Gasteiger charge is 2.34. The molecule has 2 atom stereocenters. The highest BCUT2D eigenvalue weighted by atomic mass is 15.5. The molecule has 2 heterocycles. The third kappa shape index (κ3) is 1.13. The maximum atomic E-state index is 3.46. The van der Waals surface area contributed by atoms with E-state index >= 15 is 0 Å². The zero-order valence-corrected chi connectivity index (χ0v) is 7.80. The van der Waals surface area contributed by atoms with Gasteiger partial charge in [-0.1, -0.05) is 6.92 Å². The summed E-state index contributed by atoms with van der Waals surface area (Å²) in [5.74, 6) is 0. The van der Waals surface area contributed by atoms with Crippen molar-refractivity contribution < 1.29 is 0 Å². The van der Waals surface area contributed by atoms with Crippen molar-refractivity contribution in [3.8, 4) is 0 Å². The zero-order chi connectivity index (χ0) is 8.55. The highest BCUT2D eigenvalue weighted by molar-refractivity contribution is 5.21. The monoisotopic (exact) mass is 167 g/mol. The van der Waals surface area contributed by atoms with Crippen molar-refractivity contribution in [2.45, 2.75) is 32.4 Å². The van der Waals surface area contributed by atoms with E-state index in [1.165, 1.54) is 12.1 Å². The van der Waals surface area contributed by atoms with E-state index in [1.54, 1.807) is 0 Å². The van der Waals surface area contributed by atoms with Crippen molar-refractivity contribution in [2.24, 2.45) is 0 Å². The molecule has 3 heteroatoms. The lowest BCUT2D eigenvalue weighted by Gasteiger charge is -2.24. The Morgan fingerprint density at radius 2 is 2.58 bits per heavy atom. The molecule has 0 bridgehead atoms. The summed E-state index contributed by atoms with van der Waals surface area (Å²) in [6.45, 7) is 6.45. The maximum Gasteiger partial charge on any atom is 0.0505 e. The molecule has 2 aliphatic rings. The molecule has 0 radical (unpaired) electrons. The molecule has 0 saturated carbocycles. The van der Waals surface area contributed by atoms with E-state index in [0.717, 1.165) is 13.1 Å². The number of hydrogen-bond acceptors (Lipinski definition) is 3. The Hall–Kier alpha value is -0.540. The molecule has 0 amide bonds. The molecule has 0 aromatic heterocycles. The van der Waals surface area contributed by atoms with Crippen LogP contribution in [-0.4, -0.2) is 30.2 Å². The van der Waals surface area contributed by atoms with Gasteiger partial charge in [0, 0.05) is 24.8 Å². The first kappa shape index (κ1) is 8.08. The van der Waals surface area contributed by atoms with Crippen molar-refractivity contribution >= 4 is 0 Å². The van der Waals surface area contributed by atoms with Gasteiger partial charge in [0.1, 0.15) is 0 Å². The van der Waals surface area contributed by atoms with Crippen molar-refractivity contribution in [1.82, 2.24) is 15.8 Å². The predicted molar refractivity (Wildman–Crippen MR) is 49.5 cm³/mol. The third-order valence-corrected chi connectivity index (χ3v) is 2.66. The summed E-state index contributed by atoms with van der Waals surface area (Å²) in [6, 6.07) is 1.24. The highest BCUT2D eigenvalue weighted by Crippen LogP contribution is 2.27. The van der Waals surface area contributed by atoms with Gasteiger partial charge < -0.3 is 10.3 Å². The van der Waals surface area contributed by atoms with Crippen molar-refractivity contribution in [1.29, 1.82) is 0 Å². The number of hydrazine groups is 1. The van der Waals surface area contributed by atoms with Gasteiger partial charge in [-0.15, -0.1) is 0 Å². The topological polar surface area (TPSA) is 27.3 Å². The third-order valence-electron chi connectivity index (χ3n) is 2.66. The van der Waals surface area contributed by atoms with Crippen molar-refractivity contribution in [3.05, 3.63) is 11.8 Å². The van der Waals surface area contributed by atoms with Gasteiger partial charge >= 0.3 is 0 Å². The van der Waals surface area contributed by atoms with Crippen LogP contribution in [0.2, 0.25) is 0 Å². The van der Waals surface area contributed by atoms with Crippen LogP contribution in [0.25, 0.3) is 0 Å². The van der Waals surface area contributed by atoms with Crippen molar-refractivity contribution in [3.63, 3.8) is 0 Å². The van der Waals surface area contributed by atoms with Crippen LogP contribution in [0.5, 0.6) is 0 Å². The van der Waals surface area contributed by atoms with Gasteiger partial charge in [-0.25, -0.2) is 5.43 Å². The standard InChI is InChI=1S/C9H17N3/c1-3-11-12-7(2)6-8-9(12)4-5-10-8/h4,7-8,10-11H,3,5-6H2,1-2H3. The molecule has 0 aromatic carbocycles. The number of nitrogens with zero attached hydrogens (tertiary/aromatic N) is 1. The zero-order valence-electron chi connectivity index (χ0n) is 7.80. The predicted octanol–water partition coefficient (Wildman–Crippen LogP) is 0.461. The van der Waals surface area contributed by atoms with E-state index in [0.29, 0.717) is 12.1 Å². The Balaban J connectivity index is 2.10. The molecule has 2 rings (SSSR count). The van der Waals surface area contributed by atoms with E-state index in [1.807, 2.05) is 0 Å². The molecule has 2 aliphatic heterocycles. The first-order valence-electron chi connectivity index (χ1n) is 4.79. The van der Waals surface area contributed by atoms with Gasteiger partial charge in [-0.2, -0.15) is 0 Å². The molecule has 0 aliphatic carbocycles. The van der Waals surface area contributed by atoms with Crippen LogP contribution >= 0.6 is 0 Å². The molecule has 68 valence electrons. The van der Waals surface area contributed by atoms with E-state index in [4.69, 9.17) is 0 Å². The minimum Gasteiger partial charge on any atom is -0.308 e. The van der Waals surface area contributed by atoms with Crippen LogP contribution in [0.3, 0.4) is 0 Å². The van der Waals surface area contributed by atoms with E-state index in [2.05, 4.69) is 35.7 Å². The molecule has 0 aromatic rings. The lowest BCUT2D eigenvalue weighted by molar-refractivity contribution is 0.224. The van der Waals surface area contributed by atoms with Crippen LogP contribution in [0.15, 0.2) is 11.8 Å². The SMILES string of the molecule is CCNN1C2=CCNC2CC1C. The quantitative estimate of drug-likeness (QED) is 0.625. The Labute approximate surface area is 73.8 Å². The molecular formula is C9H17N3. The van der Waals surface area contributed by atoms with Gasteiger partial charge in [0.05, 0.1) is 6.04 Å². The Morgan fingerprint density at radius 3 is 3.33 bits per heavy atom. The summed E-state index contributed by atoms with van der Waals surface area (Å²) in [7, 11) is 0. The summed E-state index contributed by atoms with van der Waals surface area (Å²) >= 11 is 0. The van der Waals surface area contributed by atoms with Gasteiger partial charge in [0.15, 0.2) is 0 Å². The molecular weight excluding hydrogens is 150 g/mol. The van der Waals surface area contributed by atoms with E-state index in [9.17, 15) is 0 Å². The molecule has 2 unspecified atom stereocenters. The first-order valence-corrected chi connectivity index (χ1v) is 4.79. The van der Waals surface area contributed by atoms with Gasteiger partial charge in [0.2, 0.25) is 0 Å². The normalized spacial score (nSPS) is 33.8. The second-order valence-electron chi connectivity index (χ2n) is 3.56. The molecule has 1 fully saturated rings. The second kappa shape index (κ2) is 3.07. The summed E-state index contributed by atoms with van der Waals surface area (Å²) in [5, 5.41) is 5.77. The molecule has 0 spiro atoms. The van der Waals surface area contributed by atoms with Gasteiger partial charge in [-0.05, 0) is 19.4 Å². The average molecular weight is 167 g/mol. The summed E-state index contributed by atoms with van der Waals surface area (Å²) in [4.78, 5) is 0. The van der Waals surface area contributed by atoms with Gasteiger partial charge in [-0.3, -0.25) is 0 Å². The maximum absolute atomic E-state index is 3.46.